The molecule has 3 atom stereocenters. The van der Waals surface area contributed by atoms with Gasteiger partial charge in [-0.25, -0.2) is 4.79 Å². The van der Waals surface area contributed by atoms with Crippen molar-refractivity contribution in [3.8, 4) is 0 Å². The summed E-state index contributed by atoms with van der Waals surface area (Å²) in [5.41, 5.74) is 5.13. The van der Waals surface area contributed by atoms with Gasteiger partial charge in [-0.15, -0.1) is 0 Å². The number of nitrogens with two attached hydrogens (primary N) is 1. The molecule has 1 heterocycles. The standard InChI is InChI=1S/C15H17F3N2O/c16-15(17,18)13-4-2-1-3-12(13)9-5-10-7-20(14(19)21)8-11(10)6-9/h1-4,9-11H,5-8H2,(H2,19,21)/t9-,10-,11+. The number of nitrogens with zero attached hydrogens (tertiary/aromatic N) is 1. The fraction of sp³-hybridized carbons (Fsp3) is 0.533. The second-order valence-electron chi connectivity index (χ2n) is 6.02. The molecule has 0 bridgehead atoms. The monoisotopic (exact) mass is 298 g/mol. The summed E-state index contributed by atoms with van der Waals surface area (Å²) >= 11 is 0. The SMILES string of the molecule is NC(=O)N1C[C@H]2C[C@@H](c3ccccc3C(F)(F)F)C[C@H]2C1. The summed E-state index contributed by atoms with van der Waals surface area (Å²) in [7, 11) is 0. The summed E-state index contributed by atoms with van der Waals surface area (Å²) < 4.78 is 39.3. The Labute approximate surface area is 120 Å². The van der Waals surface area contributed by atoms with Crippen molar-refractivity contribution < 1.29 is 18.0 Å². The van der Waals surface area contributed by atoms with E-state index >= 15 is 0 Å². The zero-order valence-electron chi connectivity index (χ0n) is 11.4. The Balaban J connectivity index is 1.79. The molecule has 3 rings (SSSR count). The van der Waals surface area contributed by atoms with E-state index in [2.05, 4.69) is 0 Å². The quantitative estimate of drug-likeness (QED) is 0.850. The molecular formula is C15H17F3N2O. The number of carbonyl (C=O) groups excluding carboxylic acids is 1. The van der Waals surface area contributed by atoms with Crippen LogP contribution in [-0.4, -0.2) is 24.0 Å². The largest absolute Gasteiger partial charge is 0.416 e. The van der Waals surface area contributed by atoms with Gasteiger partial charge in [-0.3, -0.25) is 0 Å². The maximum atomic E-state index is 13.1. The molecule has 2 aliphatic rings. The van der Waals surface area contributed by atoms with Gasteiger partial charge in [-0.05, 0) is 42.2 Å². The van der Waals surface area contributed by atoms with E-state index in [0.29, 0.717) is 31.5 Å². The number of primary amides is 1. The maximum Gasteiger partial charge on any atom is 0.416 e. The average Bonchev–Trinajstić information content (AvgIpc) is 2.95. The molecule has 2 N–H and O–H groups in total. The highest BCUT2D eigenvalue weighted by Crippen LogP contribution is 2.48. The minimum atomic E-state index is -4.31. The van der Waals surface area contributed by atoms with Crippen molar-refractivity contribution in [2.45, 2.75) is 24.9 Å². The Morgan fingerprint density at radius 1 is 1.14 bits per heavy atom. The van der Waals surface area contributed by atoms with Crippen LogP contribution < -0.4 is 5.73 Å². The third-order valence-electron chi connectivity index (χ3n) is 4.77. The zero-order chi connectivity index (χ0) is 15.2. The second kappa shape index (κ2) is 4.93. The van der Waals surface area contributed by atoms with E-state index in [0.717, 1.165) is 6.07 Å². The Kier molecular flexibility index (Phi) is 3.34. The number of amides is 2. The Bertz CT molecular complexity index is 544. The molecule has 2 amide bonds. The van der Waals surface area contributed by atoms with E-state index in [1.807, 2.05) is 0 Å². The molecule has 0 unspecified atom stereocenters. The average molecular weight is 298 g/mol. The molecule has 1 saturated carbocycles. The van der Waals surface area contributed by atoms with Gasteiger partial charge in [-0.2, -0.15) is 13.2 Å². The van der Waals surface area contributed by atoms with Crippen molar-refractivity contribution in [3.63, 3.8) is 0 Å². The number of likely N-dealkylation sites (tertiary alicyclic amines) is 1. The van der Waals surface area contributed by atoms with E-state index < -0.39 is 17.8 Å². The predicted octanol–water partition coefficient (Wildman–Crippen LogP) is 3.21. The fourth-order valence-corrected chi connectivity index (χ4v) is 3.84. The van der Waals surface area contributed by atoms with E-state index in [9.17, 15) is 18.0 Å². The van der Waals surface area contributed by atoms with Crippen LogP contribution in [0.2, 0.25) is 0 Å². The van der Waals surface area contributed by atoms with Crippen molar-refractivity contribution in [3.05, 3.63) is 35.4 Å². The maximum absolute atomic E-state index is 13.1. The third-order valence-corrected chi connectivity index (χ3v) is 4.77. The number of alkyl halides is 3. The number of benzene rings is 1. The van der Waals surface area contributed by atoms with Gasteiger partial charge in [0.2, 0.25) is 0 Å². The summed E-state index contributed by atoms with van der Waals surface area (Å²) in [5, 5.41) is 0. The normalized spacial score (nSPS) is 28.7. The van der Waals surface area contributed by atoms with Crippen LogP contribution in [0.1, 0.15) is 29.9 Å². The van der Waals surface area contributed by atoms with Crippen LogP contribution >= 0.6 is 0 Å². The molecule has 0 aromatic heterocycles. The molecule has 114 valence electrons. The van der Waals surface area contributed by atoms with Crippen LogP contribution in [0.25, 0.3) is 0 Å². The number of rotatable bonds is 1. The molecule has 21 heavy (non-hydrogen) atoms. The van der Waals surface area contributed by atoms with Gasteiger partial charge in [0.05, 0.1) is 5.56 Å². The lowest BCUT2D eigenvalue weighted by Crippen LogP contribution is -2.34. The molecule has 2 fully saturated rings. The van der Waals surface area contributed by atoms with Crippen LogP contribution in [0.4, 0.5) is 18.0 Å². The first kappa shape index (κ1) is 14.2. The number of hydrogen-bond donors (Lipinski definition) is 1. The lowest BCUT2D eigenvalue weighted by molar-refractivity contribution is -0.138. The summed E-state index contributed by atoms with van der Waals surface area (Å²) in [5.74, 6) is 0.459. The van der Waals surface area contributed by atoms with Crippen molar-refractivity contribution in [2.75, 3.05) is 13.1 Å². The molecular weight excluding hydrogens is 281 g/mol. The molecule has 1 aromatic rings. The van der Waals surface area contributed by atoms with Gasteiger partial charge in [-0.1, -0.05) is 18.2 Å². The smallest absolute Gasteiger partial charge is 0.351 e. The molecule has 1 aliphatic heterocycles. The first-order valence-corrected chi connectivity index (χ1v) is 7.06. The minimum Gasteiger partial charge on any atom is -0.351 e. The van der Waals surface area contributed by atoms with Gasteiger partial charge in [0, 0.05) is 13.1 Å². The number of carbonyl (C=O) groups is 1. The molecule has 0 spiro atoms. The van der Waals surface area contributed by atoms with Crippen LogP contribution in [0.5, 0.6) is 0 Å². The fourth-order valence-electron chi connectivity index (χ4n) is 3.84. The van der Waals surface area contributed by atoms with Crippen molar-refractivity contribution in [1.29, 1.82) is 0 Å². The van der Waals surface area contributed by atoms with Gasteiger partial charge in [0.15, 0.2) is 0 Å². The summed E-state index contributed by atoms with van der Waals surface area (Å²) in [6.45, 7) is 1.15. The van der Waals surface area contributed by atoms with Gasteiger partial charge in [0.1, 0.15) is 0 Å². The Hall–Kier alpha value is -1.72. The third kappa shape index (κ3) is 2.59. The predicted molar refractivity (Wildman–Crippen MR) is 71.6 cm³/mol. The minimum absolute atomic E-state index is 0.0761. The molecule has 6 heteroatoms. The van der Waals surface area contributed by atoms with Gasteiger partial charge in [0.25, 0.3) is 0 Å². The number of urea groups is 1. The lowest BCUT2D eigenvalue weighted by Gasteiger charge is -2.20. The Morgan fingerprint density at radius 2 is 1.71 bits per heavy atom. The topological polar surface area (TPSA) is 46.3 Å². The number of fused-ring (bicyclic) bond motifs is 1. The highest BCUT2D eigenvalue weighted by Gasteiger charge is 2.44. The first-order valence-electron chi connectivity index (χ1n) is 7.06. The van der Waals surface area contributed by atoms with E-state index in [4.69, 9.17) is 5.73 Å². The molecule has 3 nitrogen and oxygen atoms in total. The van der Waals surface area contributed by atoms with Gasteiger partial charge >= 0.3 is 12.2 Å². The summed E-state index contributed by atoms with van der Waals surface area (Å²) in [6, 6.07) is 5.39. The zero-order valence-corrected chi connectivity index (χ0v) is 11.4. The van der Waals surface area contributed by atoms with Crippen LogP contribution in [0.15, 0.2) is 24.3 Å². The summed E-state index contributed by atoms with van der Waals surface area (Å²) in [4.78, 5) is 12.8. The number of hydrogen-bond acceptors (Lipinski definition) is 1. The van der Waals surface area contributed by atoms with E-state index in [1.54, 1.807) is 17.0 Å². The molecule has 1 aromatic carbocycles. The molecule has 1 aliphatic carbocycles. The van der Waals surface area contributed by atoms with Crippen molar-refractivity contribution in [1.82, 2.24) is 4.90 Å². The van der Waals surface area contributed by atoms with Crippen molar-refractivity contribution >= 4 is 6.03 Å². The van der Waals surface area contributed by atoms with Crippen molar-refractivity contribution in [2.24, 2.45) is 17.6 Å². The van der Waals surface area contributed by atoms with E-state index in [1.165, 1.54) is 6.07 Å². The highest BCUT2D eigenvalue weighted by atomic mass is 19.4. The molecule has 1 saturated heterocycles. The van der Waals surface area contributed by atoms with Crippen LogP contribution in [0, 0.1) is 11.8 Å². The lowest BCUT2D eigenvalue weighted by atomic mass is 9.91. The first-order chi connectivity index (χ1) is 9.86. The number of halogens is 3. The molecule has 0 radical (unpaired) electrons. The second-order valence-corrected chi connectivity index (χ2v) is 6.02. The van der Waals surface area contributed by atoms with E-state index in [-0.39, 0.29) is 17.8 Å². The van der Waals surface area contributed by atoms with Gasteiger partial charge < -0.3 is 10.6 Å². The summed E-state index contributed by atoms with van der Waals surface area (Å²) in [6.07, 6.45) is -2.92. The van der Waals surface area contributed by atoms with Crippen LogP contribution in [-0.2, 0) is 6.18 Å². The van der Waals surface area contributed by atoms with Crippen LogP contribution in [0.3, 0.4) is 0 Å². The Morgan fingerprint density at radius 3 is 2.24 bits per heavy atom. The highest BCUT2D eigenvalue weighted by molar-refractivity contribution is 5.72.